The first kappa shape index (κ1) is 12.5. The molecule has 0 amide bonds. The summed E-state index contributed by atoms with van der Waals surface area (Å²) in [7, 11) is 5.61. The topological polar surface area (TPSA) is 32.8 Å². The van der Waals surface area contributed by atoms with Gasteiger partial charge >= 0.3 is 0 Å². The average molecular weight is 246 g/mol. The van der Waals surface area contributed by atoms with Crippen molar-refractivity contribution in [1.82, 2.24) is 9.80 Å². The second kappa shape index (κ2) is 5.12. The van der Waals surface area contributed by atoms with Crippen molar-refractivity contribution >= 4 is 5.78 Å². The molecule has 1 aliphatic rings. The lowest BCUT2D eigenvalue weighted by Crippen LogP contribution is -2.18. The van der Waals surface area contributed by atoms with Crippen molar-refractivity contribution in [2.45, 2.75) is 0 Å². The first-order valence-electron chi connectivity index (χ1n) is 5.94. The molecule has 2 rings (SSSR count). The van der Waals surface area contributed by atoms with Crippen LogP contribution in [-0.4, -0.2) is 49.9 Å². The zero-order valence-electron chi connectivity index (χ0n) is 11.0. The Balaban J connectivity index is 2.18. The molecule has 0 radical (unpaired) electrons. The van der Waals surface area contributed by atoms with Crippen LogP contribution in [0.15, 0.2) is 36.2 Å². The summed E-state index contributed by atoms with van der Waals surface area (Å²) in [6.07, 6.45) is 1.69. The average Bonchev–Trinajstić information content (AvgIpc) is 2.70. The molecule has 1 aromatic carbocycles. The van der Waals surface area contributed by atoms with Gasteiger partial charge in [-0.1, -0.05) is 0 Å². The van der Waals surface area contributed by atoms with Crippen LogP contribution in [0, 0.1) is 0 Å². The maximum atomic E-state index is 12.1. The van der Waals surface area contributed by atoms with Gasteiger partial charge in [-0.25, -0.2) is 0 Å². The molecule has 4 heteroatoms. The number of carbonyl (C=O) groups excluding carboxylic acids is 1. The van der Waals surface area contributed by atoms with Gasteiger partial charge in [-0.15, -0.1) is 0 Å². The van der Waals surface area contributed by atoms with Gasteiger partial charge in [0.25, 0.3) is 0 Å². The van der Waals surface area contributed by atoms with E-state index >= 15 is 0 Å². The van der Waals surface area contributed by atoms with E-state index in [0.29, 0.717) is 5.56 Å². The molecule has 1 aromatic rings. The van der Waals surface area contributed by atoms with E-state index in [0.717, 1.165) is 24.7 Å². The third-order valence-corrected chi connectivity index (χ3v) is 3.19. The number of methoxy groups -OCH3 is 1. The number of rotatable bonds is 3. The second-order valence-corrected chi connectivity index (χ2v) is 4.44. The third-order valence-electron chi connectivity index (χ3n) is 3.19. The molecule has 96 valence electrons. The van der Waals surface area contributed by atoms with E-state index in [1.54, 1.807) is 37.5 Å². The Kier molecular flexibility index (Phi) is 3.55. The highest BCUT2D eigenvalue weighted by Gasteiger charge is 2.19. The molecule has 0 aromatic heterocycles. The number of likely N-dealkylation sites (N-methyl/N-ethyl adjacent to an activating group) is 2. The number of allylic oxidation sites excluding steroid dienone is 1. The lowest BCUT2D eigenvalue weighted by Gasteiger charge is -2.17. The molecule has 1 fully saturated rings. The van der Waals surface area contributed by atoms with Crippen LogP contribution < -0.4 is 4.74 Å². The van der Waals surface area contributed by atoms with Crippen molar-refractivity contribution < 1.29 is 9.53 Å². The van der Waals surface area contributed by atoms with Gasteiger partial charge in [-0.05, 0) is 24.3 Å². The van der Waals surface area contributed by atoms with E-state index in [9.17, 15) is 4.79 Å². The fourth-order valence-corrected chi connectivity index (χ4v) is 2.00. The highest BCUT2D eigenvalue weighted by atomic mass is 16.5. The minimum atomic E-state index is 0.0215. The molecule has 0 bridgehead atoms. The van der Waals surface area contributed by atoms with Crippen LogP contribution in [0.5, 0.6) is 5.75 Å². The lowest BCUT2D eigenvalue weighted by atomic mass is 10.1. The quantitative estimate of drug-likeness (QED) is 0.599. The monoisotopic (exact) mass is 246 g/mol. The summed E-state index contributed by atoms with van der Waals surface area (Å²) in [6.45, 7) is 1.91. The van der Waals surface area contributed by atoms with E-state index in [-0.39, 0.29) is 5.78 Å². The number of hydrogen-bond acceptors (Lipinski definition) is 4. The normalized spacial score (nSPS) is 14.9. The second-order valence-electron chi connectivity index (χ2n) is 4.44. The van der Waals surface area contributed by atoms with Gasteiger partial charge in [-0.3, -0.25) is 4.79 Å². The largest absolute Gasteiger partial charge is 0.497 e. The highest BCUT2D eigenvalue weighted by Crippen LogP contribution is 2.16. The summed E-state index contributed by atoms with van der Waals surface area (Å²) in [6, 6.07) is 7.17. The molecule has 0 N–H and O–H groups in total. The fourth-order valence-electron chi connectivity index (χ4n) is 2.00. The Morgan fingerprint density at radius 3 is 2.22 bits per heavy atom. The first-order chi connectivity index (χ1) is 8.61. The summed E-state index contributed by atoms with van der Waals surface area (Å²) in [5, 5.41) is 0. The molecule has 18 heavy (non-hydrogen) atoms. The number of carbonyl (C=O) groups is 1. The van der Waals surface area contributed by atoms with Crippen molar-refractivity contribution in [3.8, 4) is 5.75 Å². The maximum absolute atomic E-state index is 12.1. The van der Waals surface area contributed by atoms with Crippen LogP contribution >= 0.6 is 0 Å². The summed E-state index contributed by atoms with van der Waals surface area (Å²) < 4.78 is 5.07. The number of nitrogens with zero attached hydrogens (tertiary/aromatic N) is 2. The fraction of sp³-hybridized carbons (Fsp3) is 0.357. The molecular formula is C14H18N2O2. The van der Waals surface area contributed by atoms with Crippen LogP contribution in [0.2, 0.25) is 0 Å². The van der Waals surface area contributed by atoms with Crippen molar-refractivity contribution in [3.63, 3.8) is 0 Å². The Labute approximate surface area is 107 Å². The van der Waals surface area contributed by atoms with Crippen LogP contribution in [0.1, 0.15) is 10.4 Å². The smallest absolute Gasteiger partial charge is 0.189 e. The summed E-state index contributed by atoms with van der Waals surface area (Å²) in [5.74, 6) is 1.75. The van der Waals surface area contributed by atoms with Gasteiger partial charge in [0.1, 0.15) is 11.6 Å². The van der Waals surface area contributed by atoms with Crippen LogP contribution in [-0.2, 0) is 0 Å². The van der Waals surface area contributed by atoms with Crippen LogP contribution in [0.3, 0.4) is 0 Å². The van der Waals surface area contributed by atoms with E-state index in [1.165, 1.54) is 0 Å². The summed E-state index contributed by atoms with van der Waals surface area (Å²) in [4.78, 5) is 16.3. The maximum Gasteiger partial charge on any atom is 0.189 e. The van der Waals surface area contributed by atoms with E-state index in [2.05, 4.69) is 9.80 Å². The van der Waals surface area contributed by atoms with Crippen molar-refractivity contribution in [2.75, 3.05) is 34.3 Å². The standard InChI is InChI=1S/C14H18N2O2/c1-15-8-9-16(2)14(15)10-13(17)11-4-6-12(18-3)7-5-11/h4-7,10H,8-9H2,1-3H3. The van der Waals surface area contributed by atoms with E-state index in [4.69, 9.17) is 4.74 Å². The minimum absolute atomic E-state index is 0.0215. The summed E-state index contributed by atoms with van der Waals surface area (Å²) in [5.41, 5.74) is 0.678. The molecule has 0 aliphatic carbocycles. The van der Waals surface area contributed by atoms with Crippen molar-refractivity contribution in [1.29, 1.82) is 0 Å². The SMILES string of the molecule is COc1ccc(C(=O)C=C2N(C)CCN2C)cc1. The number of ketones is 1. The van der Waals surface area contributed by atoms with Gasteiger partial charge in [0.2, 0.25) is 0 Å². The first-order valence-corrected chi connectivity index (χ1v) is 5.94. The molecule has 1 saturated heterocycles. The third kappa shape index (κ3) is 2.47. The molecule has 0 unspecified atom stereocenters. The van der Waals surface area contributed by atoms with E-state index < -0.39 is 0 Å². The lowest BCUT2D eigenvalue weighted by molar-refractivity contribution is 0.104. The zero-order valence-corrected chi connectivity index (χ0v) is 11.0. The molecular weight excluding hydrogens is 228 g/mol. The predicted molar refractivity (Wildman–Crippen MR) is 70.7 cm³/mol. The van der Waals surface area contributed by atoms with Gasteiger partial charge in [0, 0.05) is 38.8 Å². The van der Waals surface area contributed by atoms with Crippen LogP contribution in [0.25, 0.3) is 0 Å². The van der Waals surface area contributed by atoms with Crippen LogP contribution in [0.4, 0.5) is 0 Å². The number of hydrogen-bond donors (Lipinski definition) is 0. The Morgan fingerprint density at radius 2 is 1.72 bits per heavy atom. The Morgan fingerprint density at radius 1 is 1.17 bits per heavy atom. The van der Waals surface area contributed by atoms with E-state index in [1.807, 2.05) is 14.1 Å². The molecule has 0 saturated carbocycles. The number of benzene rings is 1. The predicted octanol–water partition coefficient (Wildman–Crippen LogP) is 1.60. The zero-order chi connectivity index (χ0) is 13.1. The van der Waals surface area contributed by atoms with Gasteiger partial charge in [0.05, 0.1) is 7.11 Å². The summed E-state index contributed by atoms with van der Waals surface area (Å²) >= 11 is 0. The molecule has 0 atom stereocenters. The van der Waals surface area contributed by atoms with Gasteiger partial charge in [0.15, 0.2) is 5.78 Å². The highest BCUT2D eigenvalue weighted by molar-refractivity contribution is 6.04. The van der Waals surface area contributed by atoms with Gasteiger partial charge < -0.3 is 14.5 Å². The molecule has 4 nitrogen and oxygen atoms in total. The molecule has 1 aliphatic heterocycles. The molecule has 1 heterocycles. The number of ether oxygens (including phenoxy) is 1. The Bertz CT molecular complexity index is 453. The van der Waals surface area contributed by atoms with Crippen molar-refractivity contribution in [2.24, 2.45) is 0 Å². The minimum Gasteiger partial charge on any atom is -0.497 e. The van der Waals surface area contributed by atoms with Crippen molar-refractivity contribution in [3.05, 3.63) is 41.7 Å². The van der Waals surface area contributed by atoms with Gasteiger partial charge in [-0.2, -0.15) is 0 Å². The molecule has 0 spiro atoms. The Hall–Kier alpha value is -1.97.